The molecule has 3 heterocycles. The summed E-state index contributed by atoms with van der Waals surface area (Å²) in [4.78, 5) is 23.7. The molecule has 22 heavy (non-hydrogen) atoms. The molecule has 1 atom stereocenters. The van der Waals surface area contributed by atoms with Gasteiger partial charge >= 0.3 is 5.69 Å². The fourth-order valence-electron chi connectivity index (χ4n) is 2.86. The van der Waals surface area contributed by atoms with Crippen molar-refractivity contribution in [3.8, 4) is 0 Å². The number of nitrogens with zero attached hydrogens (tertiary/aromatic N) is 4. The number of nitrogens with one attached hydrogen (secondary N) is 1. The summed E-state index contributed by atoms with van der Waals surface area (Å²) < 4.78 is 0. The van der Waals surface area contributed by atoms with Crippen molar-refractivity contribution >= 4 is 11.5 Å². The summed E-state index contributed by atoms with van der Waals surface area (Å²) in [6.07, 6.45) is 5.70. The Balaban J connectivity index is 1.68. The molecule has 0 radical (unpaired) electrons. The first-order valence-corrected chi connectivity index (χ1v) is 7.18. The van der Waals surface area contributed by atoms with Gasteiger partial charge in [0, 0.05) is 37.7 Å². The maximum atomic E-state index is 11.1. The van der Waals surface area contributed by atoms with E-state index in [4.69, 9.17) is 0 Å². The molecular weight excluding hydrogens is 286 g/mol. The molecule has 8 heteroatoms. The Morgan fingerprint density at radius 3 is 2.77 bits per heavy atom. The fourth-order valence-corrected chi connectivity index (χ4v) is 2.86. The average molecular weight is 303 g/mol. The highest BCUT2D eigenvalue weighted by Crippen LogP contribution is 2.33. The van der Waals surface area contributed by atoms with Crippen LogP contribution in [0.1, 0.15) is 24.8 Å². The Bertz CT molecular complexity index is 638. The molecule has 1 fully saturated rings. The van der Waals surface area contributed by atoms with Crippen LogP contribution in [-0.2, 0) is 0 Å². The summed E-state index contributed by atoms with van der Waals surface area (Å²) in [5.74, 6) is 1.06. The first-order chi connectivity index (χ1) is 10.7. The van der Waals surface area contributed by atoms with Crippen LogP contribution in [0.25, 0.3) is 0 Å². The number of aliphatic hydroxyl groups excluding tert-OH is 1. The van der Waals surface area contributed by atoms with Gasteiger partial charge < -0.3 is 15.0 Å². The number of pyridine rings is 1. The summed E-state index contributed by atoms with van der Waals surface area (Å²) >= 11 is 0. The van der Waals surface area contributed by atoms with E-state index >= 15 is 0 Å². The molecule has 0 bridgehead atoms. The van der Waals surface area contributed by atoms with E-state index < -0.39 is 11.0 Å². The van der Waals surface area contributed by atoms with Gasteiger partial charge in [0.15, 0.2) is 0 Å². The molecule has 2 aromatic heterocycles. The van der Waals surface area contributed by atoms with Crippen molar-refractivity contribution < 1.29 is 10.0 Å². The molecule has 1 unspecified atom stereocenters. The van der Waals surface area contributed by atoms with E-state index in [1.807, 2.05) is 4.90 Å². The van der Waals surface area contributed by atoms with Crippen molar-refractivity contribution in [3.05, 3.63) is 46.7 Å². The number of anilines is 1. The third-order valence-electron chi connectivity index (χ3n) is 4.05. The van der Waals surface area contributed by atoms with Crippen LogP contribution in [0, 0.1) is 16.0 Å². The number of piperidine rings is 1. The van der Waals surface area contributed by atoms with E-state index in [2.05, 4.69) is 15.0 Å². The average Bonchev–Trinajstić information content (AvgIpc) is 3.09. The number of H-pyrrole nitrogens is 1. The number of hydrogen-bond acceptors (Lipinski definition) is 6. The molecule has 1 aliphatic heterocycles. The second kappa shape index (κ2) is 6.10. The van der Waals surface area contributed by atoms with Crippen LogP contribution in [0.15, 0.2) is 30.7 Å². The number of imidazole rings is 1. The van der Waals surface area contributed by atoms with Gasteiger partial charge in [-0.05, 0) is 24.8 Å². The summed E-state index contributed by atoms with van der Waals surface area (Å²) in [6.45, 7) is 1.25. The summed E-state index contributed by atoms with van der Waals surface area (Å²) in [5, 5.41) is 21.4. The van der Waals surface area contributed by atoms with Crippen molar-refractivity contribution in [2.45, 2.75) is 18.9 Å². The zero-order valence-corrected chi connectivity index (χ0v) is 11.9. The van der Waals surface area contributed by atoms with Crippen molar-refractivity contribution in [1.29, 1.82) is 0 Å². The van der Waals surface area contributed by atoms with Gasteiger partial charge in [-0.3, -0.25) is 10.1 Å². The lowest BCUT2D eigenvalue weighted by Gasteiger charge is -2.34. The summed E-state index contributed by atoms with van der Waals surface area (Å²) in [7, 11) is 0. The molecule has 1 saturated heterocycles. The largest absolute Gasteiger partial charge is 0.385 e. The van der Waals surface area contributed by atoms with Gasteiger partial charge in [0.25, 0.3) is 0 Å². The normalized spacial score (nSPS) is 17.4. The Morgan fingerprint density at radius 1 is 1.36 bits per heavy atom. The highest BCUT2D eigenvalue weighted by molar-refractivity contribution is 5.57. The first kappa shape index (κ1) is 14.5. The Morgan fingerprint density at radius 2 is 2.14 bits per heavy atom. The zero-order valence-electron chi connectivity index (χ0n) is 11.9. The lowest BCUT2D eigenvalue weighted by molar-refractivity contribution is -0.384. The predicted octanol–water partition coefficient (Wildman–Crippen LogP) is 1.66. The van der Waals surface area contributed by atoms with Gasteiger partial charge in [-0.15, -0.1) is 0 Å². The summed E-state index contributed by atoms with van der Waals surface area (Å²) in [6, 6.07) is 3.03. The highest BCUT2D eigenvalue weighted by atomic mass is 16.6. The minimum absolute atomic E-state index is 0.0209. The lowest BCUT2D eigenvalue weighted by atomic mass is 9.91. The molecule has 2 N–H and O–H groups in total. The van der Waals surface area contributed by atoms with E-state index in [1.165, 1.54) is 6.07 Å². The number of aromatic nitrogens is 3. The first-order valence-electron chi connectivity index (χ1n) is 7.18. The van der Waals surface area contributed by atoms with E-state index in [0.29, 0.717) is 24.7 Å². The Labute approximate surface area is 127 Å². The van der Waals surface area contributed by atoms with Crippen LogP contribution >= 0.6 is 0 Å². The van der Waals surface area contributed by atoms with Crippen LogP contribution in [0.3, 0.4) is 0 Å². The van der Waals surface area contributed by atoms with Gasteiger partial charge in [-0.1, -0.05) is 0 Å². The van der Waals surface area contributed by atoms with Crippen molar-refractivity contribution in [2.75, 3.05) is 18.0 Å². The van der Waals surface area contributed by atoms with Crippen LogP contribution in [0.5, 0.6) is 0 Å². The number of aliphatic hydroxyl groups is 1. The van der Waals surface area contributed by atoms with Gasteiger partial charge in [0.2, 0.25) is 5.82 Å². The van der Waals surface area contributed by atoms with Crippen LogP contribution in [0.2, 0.25) is 0 Å². The zero-order chi connectivity index (χ0) is 15.5. The maximum absolute atomic E-state index is 11.1. The predicted molar refractivity (Wildman–Crippen MR) is 79.4 cm³/mol. The standard InChI is InChI=1S/C14H17N5O3/c20-12(13-15-6-7-16-13)10-3-8-18(9-4-10)14-11(19(21)22)2-1-5-17-14/h1-2,5-7,10,12,20H,3-4,8-9H2,(H,15,16). The van der Waals surface area contributed by atoms with Crippen molar-refractivity contribution in [3.63, 3.8) is 0 Å². The minimum Gasteiger partial charge on any atom is -0.385 e. The second-order valence-corrected chi connectivity index (χ2v) is 5.35. The van der Waals surface area contributed by atoms with Gasteiger partial charge in [-0.2, -0.15) is 0 Å². The number of aromatic amines is 1. The molecule has 8 nitrogen and oxygen atoms in total. The number of nitro groups is 1. The fraction of sp³-hybridized carbons (Fsp3) is 0.429. The number of hydrogen-bond donors (Lipinski definition) is 2. The molecule has 3 rings (SSSR count). The van der Waals surface area contributed by atoms with Crippen molar-refractivity contribution in [1.82, 2.24) is 15.0 Å². The van der Waals surface area contributed by atoms with Gasteiger partial charge in [0.05, 0.1) is 4.92 Å². The van der Waals surface area contributed by atoms with Gasteiger partial charge in [0.1, 0.15) is 11.9 Å². The molecule has 2 aromatic rings. The third kappa shape index (κ3) is 2.77. The summed E-state index contributed by atoms with van der Waals surface area (Å²) in [5.41, 5.74) is 0.0209. The second-order valence-electron chi connectivity index (χ2n) is 5.35. The topological polar surface area (TPSA) is 108 Å². The SMILES string of the molecule is O=[N+]([O-])c1cccnc1N1CCC(C(O)c2ncc[nH]2)CC1. The molecule has 0 saturated carbocycles. The smallest absolute Gasteiger partial charge is 0.311 e. The maximum Gasteiger partial charge on any atom is 0.311 e. The Kier molecular flexibility index (Phi) is 4.01. The highest BCUT2D eigenvalue weighted by Gasteiger charge is 2.30. The lowest BCUT2D eigenvalue weighted by Crippen LogP contribution is -2.36. The molecule has 1 aliphatic rings. The monoisotopic (exact) mass is 303 g/mol. The van der Waals surface area contributed by atoms with Crippen molar-refractivity contribution in [2.24, 2.45) is 5.92 Å². The van der Waals surface area contributed by atoms with E-state index in [1.54, 1.807) is 24.7 Å². The van der Waals surface area contributed by atoms with Crippen LogP contribution < -0.4 is 4.90 Å². The van der Waals surface area contributed by atoms with Crippen LogP contribution in [0.4, 0.5) is 11.5 Å². The molecule has 0 aromatic carbocycles. The molecular formula is C14H17N5O3. The molecule has 0 spiro atoms. The van der Waals surface area contributed by atoms with E-state index in [9.17, 15) is 15.2 Å². The number of rotatable bonds is 4. The molecule has 0 aliphatic carbocycles. The van der Waals surface area contributed by atoms with E-state index in [0.717, 1.165) is 12.8 Å². The van der Waals surface area contributed by atoms with Crippen LogP contribution in [-0.4, -0.2) is 38.1 Å². The van der Waals surface area contributed by atoms with Gasteiger partial charge in [-0.25, -0.2) is 9.97 Å². The quantitative estimate of drug-likeness (QED) is 0.657. The minimum atomic E-state index is -0.629. The Hall–Kier alpha value is -2.48. The third-order valence-corrected chi connectivity index (χ3v) is 4.05. The molecule has 0 amide bonds. The molecule has 116 valence electrons. The van der Waals surface area contributed by atoms with E-state index in [-0.39, 0.29) is 11.6 Å².